The highest BCUT2D eigenvalue weighted by Gasteiger charge is 2.24. The van der Waals surface area contributed by atoms with E-state index in [0.29, 0.717) is 12.1 Å². The number of halogens is 1. The predicted molar refractivity (Wildman–Crippen MR) is 108 cm³/mol. The fraction of sp³-hybridized carbons (Fsp3) is 0.391. The summed E-state index contributed by atoms with van der Waals surface area (Å²) in [6, 6.07) is 13.9. The van der Waals surface area contributed by atoms with Gasteiger partial charge in [0.15, 0.2) is 5.78 Å². The molecule has 1 aliphatic heterocycles. The van der Waals surface area contributed by atoms with Crippen LogP contribution in [0.3, 0.4) is 0 Å². The van der Waals surface area contributed by atoms with Crippen LogP contribution in [0.2, 0.25) is 0 Å². The van der Waals surface area contributed by atoms with E-state index >= 15 is 0 Å². The SMILES string of the molecule is Cc1ccc(C(=O)CCC(=O)NCC(c2ccc(F)cc2)N2CCCC2)cc1. The van der Waals surface area contributed by atoms with Gasteiger partial charge in [-0.3, -0.25) is 14.5 Å². The van der Waals surface area contributed by atoms with E-state index in [4.69, 9.17) is 0 Å². The van der Waals surface area contributed by atoms with Crippen molar-refractivity contribution in [1.29, 1.82) is 0 Å². The molecule has 0 bridgehead atoms. The zero-order valence-electron chi connectivity index (χ0n) is 16.3. The smallest absolute Gasteiger partial charge is 0.220 e. The van der Waals surface area contributed by atoms with Crippen LogP contribution in [0, 0.1) is 12.7 Å². The first-order valence-electron chi connectivity index (χ1n) is 9.89. The van der Waals surface area contributed by atoms with Gasteiger partial charge in [0.05, 0.1) is 6.04 Å². The van der Waals surface area contributed by atoms with E-state index in [1.54, 1.807) is 24.3 Å². The molecule has 4 nitrogen and oxygen atoms in total. The Hall–Kier alpha value is -2.53. The molecular formula is C23H27FN2O2. The number of aryl methyl sites for hydroxylation is 1. The number of hydrogen-bond acceptors (Lipinski definition) is 3. The van der Waals surface area contributed by atoms with E-state index in [1.807, 2.05) is 19.1 Å². The number of ketones is 1. The quantitative estimate of drug-likeness (QED) is 0.701. The Morgan fingerprint density at radius 3 is 2.29 bits per heavy atom. The summed E-state index contributed by atoms with van der Waals surface area (Å²) < 4.78 is 13.3. The van der Waals surface area contributed by atoms with Crippen LogP contribution in [0.5, 0.6) is 0 Å². The lowest BCUT2D eigenvalue weighted by Gasteiger charge is -2.28. The highest BCUT2D eigenvalue weighted by Crippen LogP contribution is 2.24. The Morgan fingerprint density at radius 1 is 1.00 bits per heavy atom. The molecule has 3 rings (SSSR count). The topological polar surface area (TPSA) is 49.4 Å². The number of Topliss-reactive ketones (excluding diaryl/α,β-unsaturated/α-hetero) is 1. The number of hydrogen-bond donors (Lipinski definition) is 1. The van der Waals surface area contributed by atoms with E-state index < -0.39 is 0 Å². The molecule has 1 N–H and O–H groups in total. The molecule has 0 aliphatic carbocycles. The molecule has 1 fully saturated rings. The van der Waals surface area contributed by atoms with Crippen molar-refractivity contribution in [2.24, 2.45) is 0 Å². The summed E-state index contributed by atoms with van der Waals surface area (Å²) in [6.07, 6.45) is 2.63. The van der Waals surface area contributed by atoms with E-state index in [2.05, 4.69) is 10.2 Å². The molecule has 0 saturated carbocycles. The first kappa shape index (κ1) is 20.2. The molecule has 0 aromatic heterocycles. The number of benzene rings is 2. The number of carbonyl (C=O) groups is 2. The van der Waals surface area contributed by atoms with Gasteiger partial charge in [0.25, 0.3) is 0 Å². The normalized spacial score (nSPS) is 15.4. The van der Waals surface area contributed by atoms with Gasteiger partial charge >= 0.3 is 0 Å². The Labute approximate surface area is 165 Å². The first-order chi connectivity index (χ1) is 13.5. The lowest BCUT2D eigenvalue weighted by molar-refractivity contribution is -0.121. The number of carbonyl (C=O) groups excluding carboxylic acids is 2. The maximum Gasteiger partial charge on any atom is 0.220 e. The van der Waals surface area contributed by atoms with Gasteiger partial charge in [-0.05, 0) is 50.6 Å². The monoisotopic (exact) mass is 382 g/mol. The fourth-order valence-corrected chi connectivity index (χ4v) is 3.61. The second-order valence-corrected chi connectivity index (χ2v) is 7.40. The summed E-state index contributed by atoms with van der Waals surface area (Å²) in [5.41, 5.74) is 2.74. The van der Waals surface area contributed by atoms with E-state index in [0.717, 1.165) is 37.1 Å². The summed E-state index contributed by atoms with van der Waals surface area (Å²) in [7, 11) is 0. The summed E-state index contributed by atoms with van der Waals surface area (Å²) in [5, 5.41) is 2.96. The van der Waals surface area contributed by atoms with Crippen molar-refractivity contribution in [2.45, 2.75) is 38.6 Å². The van der Waals surface area contributed by atoms with Crippen molar-refractivity contribution in [3.05, 3.63) is 71.0 Å². The van der Waals surface area contributed by atoms with Crippen LogP contribution in [0.4, 0.5) is 4.39 Å². The third-order valence-electron chi connectivity index (χ3n) is 5.28. The van der Waals surface area contributed by atoms with E-state index in [9.17, 15) is 14.0 Å². The van der Waals surface area contributed by atoms with Crippen molar-refractivity contribution in [3.63, 3.8) is 0 Å². The van der Waals surface area contributed by atoms with Gasteiger partial charge < -0.3 is 5.32 Å². The van der Waals surface area contributed by atoms with Crippen molar-refractivity contribution in [2.75, 3.05) is 19.6 Å². The highest BCUT2D eigenvalue weighted by molar-refractivity contribution is 5.97. The minimum absolute atomic E-state index is 0.0234. The third-order valence-corrected chi connectivity index (χ3v) is 5.28. The van der Waals surface area contributed by atoms with Crippen LogP contribution in [0.1, 0.15) is 53.2 Å². The number of nitrogens with zero attached hydrogens (tertiary/aromatic N) is 1. The van der Waals surface area contributed by atoms with Gasteiger partial charge in [0.2, 0.25) is 5.91 Å². The maximum absolute atomic E-state index is 13.3. The van der Waals surface area contributed by atoms with Crippen LogP contribution in [-0.4, -0.2) is 36.2 Å². The Morgan fingerprint density at radius 2 is 1.64 bits per heavy atom. The molecule has 148 valence electrons. The van der Waals surface area contributed by atoms with Gasteiger partial charge in [-0.2, -0.15) is 0 Å². The van der Waals surface area contributed by atoms with Crippen molar-refractivity contribution in [1.82, 2.24) is 10.2 Å². The summed E-state index contributed by atoms with van der Waals surface area (Å²) in [5.74, 6) is -0.417. The minimum Gasteiger partial charge on any atom is -0.354 e. The summed E-state index contributed by atoms with van der Waals surface area (Å²) in [4.78, 5) is 26.9. The van der Waals surface area contributed by atoms with E-state index in [-0.39, 0.29) is 36.4 Å². The molecule has 1 amide bonds. The average Bonchev–Trinajstić information content (AvgIpc) is 3.22. The Bertz CT molecular complexity index is 796. The second-order valence-electron chi connectivity index (χ2n) is 7.40. The zero-order valence-corrected chi connectivity index (χ0v) is 16.3. The fourth-order valence-electron chi connectivity index (χ4n) is 3.61. The molecule has 0 spiro atoms. The molecule has 1 saturated heterocycles. The van der Waals surface area contributed by atoms with E-state index in [1.165, 1.54) is 12.1 Å². The number of rotatable bonds is 8. The molecule has 0 radical (unpaired) electrons. The zero-order chi connectivity index (χ0) is 19.9. The largest absolute Gasteiger partial charge is 0.354 e. The third kappa shape index (κ3) is 5.49. The van der Waals surface area contributed by atoms with Crippen molar-refractivity contribution >= 4 is 11.7 Å². The predicted octanol–water partition coefficient (Wildman–Crippen LogP) is 4.05. The van der Waals surface area contributed by atoms with Crippen LogP contribution in [-0.2, 0) is 4.79 Å². The van der Waals surface area contributed by atoms with Gasteiger partial charge in [-0.1, -0.05) is 42.0 Å². The molecular weight excluding hydrogens is 355 g/mol. The maximum atomic E-state index is 13.3. The van der Waals surface area contributed by atoms with Gasteiger partial charge in [0, 0.05) is 24.9 Å². The van der Waals surface area contributed by atoms with Gasteiger partial charge in [-0.15, -0.1) is 0 Å². The lowest BCUT2D eigenvalue weighted by Crippen LogP contribution is -2.36. The molecule has 1 unspecified atom stereocenters. The first-order valence-corrected chi connectivity index (χ1v) is 9.89. The summed E-state index contributed by atoms with van der Waals surface area (Å²) >= 11 is 0. The van der Waals surface area contributed by atoms with Crippen LogP contribution >= 0.6 is 0 Å². The molecule has 1 atom stereocenters. The van der Waals surface area contributed by atoms with Gasteiger partial charge in [0.1, 0.15) is 5.82 Å². The van der Waals surface area contributed by atoms with Gasteiger partial charge in [-0.25, -0.2) is 4.39 Å². The second kappa shape index (κ2) is 9.60. The number of amides is 1. The lowest BCUT2D eigenvalue weighted by atomic mass is 10.0. The average molecular weight is 382 g/mol. The van der Waals surface area contributed by atoms with Crippen LogP contribution in [0.15, 0.2) is 48.5 Å². The standard InChI is InChI=1S/C23H27FN2O2/c1-17-4-6-19(7-5-17)22(27)12-13-23(28)25-16-21(26-14-2-3-15-26)18-8-10-20(24)11-9-18/h4-11,21H,2-3,12-16H2,1H3,(H,25,28). The van der Waals surface area contributed by atoms with Crippen LogP contribution in [0.25, 0.3) is 0 Å². The van der Waals surface area contributed by atoms with Crippen molar-refractivity contribution < 1.29 is 14.0 Å². The molecule has 28 heavy (non-hydrogen) atoms. The Balaban J connectivity index is 1.53. The minimum atomic E-state index is -0.262. The number of likely N-dealkylation sites (tertiary alicyclic amines) is 1. The van der Waals surface area contributed by atoms with Crippen LogP contribution < -0.4 is 5.32 Å². The molecule has 2 aromatic rings. The number of nitrogens with one attached hydrogen (secondary N) is 1. The molecule has 1 aliphatic rings. The molecule has 5 heteroatoms. The molecule has 2 aromatic carbocycles. The summed E-state index contributed by atoms with van der Waals surface area (Å²) in [6.45, 7) is 4.39. The highest BCUT2D eigenvalue weighted by atomic mass is 19.1. The Kier molecular flexibility index (Phi) is 6.93. The molecule has 1 heterocycles. The van der Waals surface area contributed by atoms with Crippen molar-refractivity contribution in [3.8, 4) is 0 Å².